The average Bonchev–Trinajstić information content (AvgIpc) is 3.17. The zero-order valence-electron chi connectivity index (χ0n) is 19.2. The third kappa shape index (κ3) is 6.75. The van der Waals surface area contributed by atoms with Crippen LogP contribution in [0.25, 0.3) is 0 Å². The highest BCUT2D eigenvalue weighted by atomic mass is 19.4. The second-order valence-electron chi connectivity index (χ2n) is 8.25. The molecule has 0 aromatic heterocycles. The number of hydrogen-bond acceptors (Lipinski definition) is 5. The van der Waals surface area contributed by atoms with E-state index in [1.165, 1.54) is 0 Å². The van der Waals surface area contributed by atoms with Gasteiger partial charge in [0.1, 0.15) is 12.4 Å². The fourth-order valence-corrected chi connectivity index (χ4v) is 4.08. The van der Waals surface area contributed by atoms with Gasteiger partial charge in [-0.05, 0) is 56.0 Å². The number of ether oxygens (including phenoxy) is 2. The number of rotatable bonds is 11. The van der Waals surface area contributed by atoms with E-state index in [1.54, 1.807) is 0 Å². The summed E-state index contributed by atoms with van der Waals surface area (Å²) in [5, 5.41) is 3.26. The number of fused-ring (bicyclic) bond motifs is 1. The maximum atomic E-state index is 13.5. The number of halogens is 4. The topological polar surface area (TPSA) is 76.8 Å². The molecular formula is C24H29F4N3O3. The second-order valence-corrected chi connectivity index (χ2v) is 8.25. The van der Waals surface area contributed by atoms with Crippen LogP contribution in [0.2, 0.25) is 0 Å². The number of carbonyl (C=O) groups is 1. The van der Waals surface area contributed by atoms with Crippen LogP contribution >= 0.6 is 0 Å². The molecule has 1 aliphatic heterocycles. The van der Waals surface area contributed by atoms with E-state index in [4.69, 9.17) is 15.2 Å². The lowest BCUT2D eigenvalue weighted by Crippen LogP contribution is -2.32. The number of nitrogens with one attached hydrogen (secondary N) is 1. The summed E-state index contributed by atoms with van der Waals surface area (Å²) in [5.41, 5.74) is 9.18. The fraction of sp³-hybridized carbons (Fsp3) is 0.458. The monoisotopic (exact) mass is 483 g/mol. The van der Waals surface area contributed by atoms with Crippen LogP contribution in [-0.2, 0) is 12.8 Å². The molecule has 34 heavy (non-hydrogen) atoms. The number of alkyl halides is 3. The van der Waals surface area contributed by atoms with E-state index in [2.05, 4.69) is 16.3 Å². The minimum Gasteiger partial charge on any atom is -0.488 e. The van der Waals surface area contributed by atoms with Gasteiger partial charge in [0, 0.05) is 31.7 Å². The van der Waals surface area contributed by atoms with Crippen LogP contribution in [-0.4, -0.2) is 51.0 Å². The Morgan fingerprint density at radius 2 is 1.97 bits per heavy atom. The Morgan fingerprint density at radius 3 is 2.65 bits per heavy atom. The molecule has 0 bridgehead atoms. The van der Waals surface area contributed by atoms with Crippen LogP contribution in [0.1, 0.15) is 35.3 Å². The zero-order chi connectivity index (χ0) is 24.9. The van der Waals surface area contributed by atoms with Crippen molar-refractivity contribution in [3.63, 3.8) is 0 Å². The molecule has 6 nitrogen and oxygen atoms in total. The van der Waals surface area contributed by atoms with Crippen molar-refractivity contribution < 1.29 is 31.8 Å². The number of carbonyl (C=O) groups excluding carboxylic acids is 1. The average molecular weight is 484 g/mol. The molecule has 3 rings (SSSR count). The quantitative estimate of drug-likeness (QED) is 0.375. The summed E-state index contributed by atoms with van der Waals surface area (Å²) in [6.45, 7) is 4.64. The predicted octanol–water partition coefficient (Wildman–Crippen LogP) is 3.85. The maximum Gasteiger partial charge on any atom is 0.422 e. The lowest BCUT2D eigenvalue weighted by Gasteiger charge is -2.21. The van der Waals surface area contributed by atoms with Gasteiger partial charge < -0.3 is 25.4 Å². The third-order valence-corrected chi connectivity index (χ3v) is 5.55. The first-order valence-electron chi connectivity index (χ1n) is 11.1. The van der Waals surface area contributed by atoms with Gasteiger partial charge in [-0.15, -0.1) is 0 Å². The van der Waals surface area contributed by atoms with Crippen LogP contribution in [0.5, 0.6) is 11.5 Å². The number of benzene rings is 2. The molecule has 1 atom stereocenters. The van der Waals surface area contributed by atoms with Gasteiger partial charge in [0.2, 0.25) is 0 Å². The summed E-state index contributed by atoms with van der Waals surface area (Å²) >= 11 is 0. The molecule has 0 fully saturated rings. The molecule has 0 spiro atoms. The van der Waals surface area contributed by atoms with Crippen molar-refractivity contribution >= 4 is 11.6 Å². The molecule has 2 aromatic carbocycles. The molecule has 0 radical (unpaired) electrons. The number of primary amides is 1. The lowest BCUT2D eigenvalue weighted by molar-refractivity contribution is -0.153. The summed E-state index contributed by atoms with van der Waals surface area (Å²) in [5.74, 6) is -1.36. The molecule has 0 saturated carbocycles. The third-order valence-electron chi connectivity index (χ3n) is 5.55. The lowest BCUT2D eigenvalue weighted by atomic mass is 9.98. The minimum atomic E-state index is -4.51. The van der Waals surface area contributed by atoms with Crippen LogP contribution in [0.3, 0.4) is 0 Å². The van der Waals surface area contributed by atoms with E-state index in [9.17, 15) is 22.4 Å². The Balaban J connectivity index is 1.55. The highest BCUT2D eigenvalue weighted by Gasteiger charge is 2.29. The maximum absolute atomic E-state index is 13.5. The van der Waals surface area contributed by atoms with Gasteiger partial charge in [0.05, 0.1) is 11.3 Å². The highest BCUT2D eigenvalue weighted by Crippen LogP contribution is 2.33. The predicted molar refractivity (Wildman–Crippen MR) is 121 cm³/mol. The van der Waals surface area contributed by atoms with Crippen molar-refractivity contribution in [3.8, 4) is 11.5 Å². The molecule has 186 valence electrons. The standard InChI is InChI=1S/C24H29F4N3O3/c1-3-31-8-6-17-11-16(12-19(22(17)31)23(29)32)10-15(2)30-7-9-33-21-13-18(25)4-5-20(21)34-14-24(26,27)28/h4-5,11-13,15,30H,3,6-10,14H2,1-2H3,(H2,29,32)/t15-/m1/s1. The molecule has 3 N–H and O–H groups in total. The summed E-state index contributed by atoms with van der Waals surface area (Å²) in [6.07, 6.45) is -3.01. The van der Waals surface area contributed by atoms with Gasteiger partial charge in [0.25, 0.3) is 5.91 Å². The fourth-order valence-electron chi connectivity index (χ4n) is 4.08. The normalized spacial score (nSPS) is 14.1. The van der Waals surface area contributed by atoms with Crippen molar-refractivity contribution in [1.29, 1.82) is 0 Å². The van der Waals surface area contributed by atoms with E-state index in [0.29, 0.717) is 18.5 Å². The molecule has 0 unspecified atom stereocenters. The number of nitrogens with two attached hydrogens (primary N) is 1. The highest BCUT2D eigenvalue weighted by molar-refractivity contribution is 6.00. The van der Waals surface area contributed by atoms with Crippen LogP contribution < -0.4 is 25.4 Å². The summed E-state index contributed by atoms with van der Waals surface area (Å²) in [4.78, 5) is 14.2. The van der Waals surface area contributed by atoms with E-state index >= 15 is 0 Å². The SMILES string of the molecule is CCN1CCc2cc(C[C@@H](C)NCCOc3cc(F)ccc3OCC(F)(F)F)cc(C(N)=O)c21. The van der Waals surface area contributed by atoms with Gasteiger partial charge in [-0.2, -0.15) is 13.2 Å². The van der Waals surface area contributed by atoms with E-state index in [0.717, 1.165) is 54.5 Å². The Kier molecular flexibility index (Phi) is 8.24. The molecular weight excluding hydrogens is 454 g/mol. The van der Waals surface area contributed by atoms with Crippen molar-refractivity contribution in [2.45, 2.75) is 38.9 Å². The second kappa shape index (κ2) is 10.9. The number of nitrogens with zero attached hydrogens (tertiary/aromatic N) is 1. The summed E-state index contributed by atoms with van der Waals surface area (Å²) in [6, 6.07) is 7.06. The largest absolute Gasteiger partial charge is 0.488 e. The van der Waals surface area contributed by atoms with Gasteiger partial charge in [-0.25, -0.2) is 4.39 Å². The zero-order valence-corrected chi connectivity index (χ0v) is 19.2. The molecule has 0 aliphatic carbocycles. The number of likely N-dealkylation sites (N-methyl/N-ethyl adjacent to an activating group) is 1. The van der Waals surface area contributed by atoms with Gasteiger partial charge in [-0.3, -0.25) is 4.79 Å². The molecule has 0 saturated heterocycles. The molecule has 1 heterocycles. The summed E-state index contributed by atoms with van der Waals surface area (Å²) < 4.78 is 61.0. The van der Waals surface area contributed by atoms with Crippen LogP contribution in [0.4, 0.5) is 23.2 Å². The van der Waals surface area contributed by atoms with Crippen molar-refractivity contribution in [2.24, 2.45) is 5.73 Å². The number of anilines is 1. The van der Waals surface area contributed by atoms with Crippen molar-refractivity contribution in [3.05, 3.63) is 52.8 Å². The molecule has 10 heteroatoms. The number of amides is 1. The Labute approximate surface area is 196 Å². The first kappa shape index (κ1) is 25.6. The van der Waals surface area contributed by atoms with Gasteiger partial charge in [-0.1, -0.05) is 6.07 Å². The van der Waals surface area contributed by atoms with Gasteiger partial charge >= 0.3 is 6.18 Å². The number of hydrogen-bond donors (Lipinski definition) is 2. The summed E-state index contributed by atoms with van der Waals surface area (Å²) in [7, 11) is 0. The van der Waals surface area contributed by atoms with E-state index < -0.39 is 24.5 Å². The molecule has 1 amide bonds. The Bertz CT molecular complexity index is 1010. The molecule has 1 aliphatic rings. The van der Waals surface area contributed by atoms with Crippen LogP contribution in [0.15, 0.2) is 30.3 Å². The van der Waals surface area contributed by atoms with Crippen molar-refractivity contribution in [1.82, 2.24) is 5.32 Å². The van der Waals surface area contributed by atoms with Crippen molar-refractivity contribution in [2.75, 3.05) is 37.7 Å². The Morgan fingerprint density at radius 1 is 1.21 bits per heavy atom. The Hall–Kier alpha value is -3.01. The first-order valence-corrected chi connectivity index (χ1v) is 11.1. The first-order chi connectivity index (χ1) is 16.1. The minimum absolute atomic E-state index is 0.0134. The smallest absolute Gasteiger partial charge is 0.422 e. The van der Waals surface area contributed by atoms with Gasteiger partial charge in [0.15, 0.2) is 18.1 Å². The van der Waals surface area contributed by atoms with Crippen LogP contribution in [0, 0.1) is 5.82 Å². The van der Waals surface area contributed by atoms with E-state index in [-0.39, 0.29) is 24.1 Å². The van der Waals surface area contributed by atoms with E-state index in [1.807, 2.05) is 19.9 Å². The molecule has 2 aromatic rings.